The number of likely N-dealkylation sites (N-methyl/N-ethyl adjacent to an activating group) is 1. The van der Waals surface area contributed by atoms with Crippen molar-refractivity contribution in [3.8, 4) is 11.5 Å². The van der Waals surface area contributed by atoms with Gasteiger partial charge < -0.3 is 19.7 Å². The lowest BCUT2D eigenvalue weighted by molar-refractivity contribution is -0.139. The average Bonchev–Trinajstić information content (AvgIpc) is 2.94. The topological polar surface area (TPSA) is 105 Å². The zero-order valence-corrected chi connectivity index (χ0v) is 22.4. The summed E-state index contributed by atoms with van der Waals surface area (Å²) in [5, 5.41) is 2.51. The number of carbonyl (C=O) groups is 2. The van der Waals surface area contributed by atoms with Crippen molar-refractivity contribution in [2.75, 3.05) is 32.1 Å². The molecule has 9 nitrogen and oxygen atoms in total. The van der Waals surface area contributed by atoms with Crippen LogP contribution in [0, 0.1) is 5.82 Å². The number of nitrogens with one attached hydrogen (secondary N) is 1. The molecule has 202 valence electrons. The van der Waals surface area contributed by atoms with E-state index in [1.807, 2.05) is 0 Å². The molecule has 0 bridgehead atoms. The Morgan fingerprint density at radius 1 is 0.974 bits per heavy atom. The molecular formula is C27H30FN3O6S. The van der Waals surface area contributed by atoms with Crippen LogP contribution in [0.3, 0.4) is 0 Å². The fourth-order valence-electron chi connectivity index (χ4n) is 3.80. The molecule has 3 aromatic carbocycles. The van der Waals surface area contributed by atoms with E-state index in [9.17, 15) is 22.4 Å². The van der Waals surface area contributed by atoms with Crippen molar-refractivity contribution >= 4 is 27.5 Å². The number of carbonyl (C=O) groups excluding carboxylic acids is 2. The van der Waals surface area contributed by atoms with Gasteiger partial charge in [0.25, 0.3) is 10.0 Å². The monoisotopic (exact) mass is 543 g/mol. The van der Waals surface area contributed by atoms with Crippen molar-refractivity contribution in [1.29, 1.82) is 0 Å². The first-order valence-electron chi connectivity index (χ1n) is 11.7. The second kappa shape index (κ2) is 12.4. The highest BCUT2D eigenvalue weighted by atomic mass is 32.2. The molecule has 0 aromatic heterocycles. The van der Waals surface area contributed by atoms with Gasteiger partial charge in [0, 0.05) is 19.7 Å². The van der Waals surface area contributed by atoms with Gasteiger partial charge in [-0.1, -0.05) is 30.3 Å². The lowest BCUT2D eigenvalue weighted by Crippen LogP contribution is -2.50. The quantitative estimate of drug-likeness (QED) is 0.398. The molecule has 3 rings (SSSR count). The van der Waals surface area contributed by atoms with Crippen LogP contribution in [0.4, 0.5) is 10.1 Å². The van der Waals surface area contributed by atoms with E-state index in [1.165, 1.54) is 81.6 Å². The summed E-state index contributed by atoms with van der Waals surface area (Å²) in [5.41, 5.74) is 0.644. The zero-order chi connectivity index (χ0) is 27.9. The van der Waals surface area contributed by atoms with E-state index in [0.717, 1.165) is 4.31 Å². The molecule has 0 aliphatic rings. The van der Waals surface area contributed by atoms with E-state index >= 15 is 0 Å². The standard InChI is InChI=1S/C27H30FN3O6S/c1-19(27(33)29-2)30(17-20-10-12-21(28)13-11-20)26(32)18-31(38(34,35)23-8-6-5-7-9-23)24-16-22(36-3)14-15-25(24)37-4/h5-16,19H,17-18H2,1-4H3,(H,29,33). The molecule has 1 N–H and O–H groups in total. The molecule has 0 radical (unpaired) electrons. The highest BCUT2D eigenvalue weighted by Gasteiger charge is 2.33. The van der Waals surface area contributed by atoms with Crippen molar-refractivity contribution in [3.05, 3.63) is 84.2 Å². The molecule has 0 heterocycles. The maximum absolute atomic E-state index is 13.9. The Hall–Kier alpha value is -4.12. The van der Waals surface area contributed by atoms with E-state index in [1.54, 1.807) is 24.3 Å². The van der Waals surface area contributed by atoms with Gasteiger partial charge in [-0.15, -0.1) is 0 Å². The Bertz CT molecular complexity index is 1370. The summed E-state index contributed by atoms with van der Waals surface area (Å²) in [6, 6.07) is 16.8. The molecule has 0 aliphatic carbocycles. The summed E-state index contributed by atoms with van der Waals surface area (Å²) in [6.45, 7) is 0.827. The first-order chi connectivity index (χ1) is 18.1. The smallest absolute Gasteiger partial charge is 0.264 e. The maximum atomic E-state index is 13.9. The molecule has 3 aromatic rings. The number of hydrogen-bond donors (Lipinski definition) is 1. The molecule has 0 saturated carbocycles. The van der Waals surface area contributed by atoms with Crippen LogP contribution < -0.4 is 19.1 Å². The van der Waals surface area contributed by atoms with Crippen molar-refractivity contribution < 1.29 is 31.9 Å². The minimum absolute atomic E-state index is 0.0397. The van der Waals surface area contributed by atoms with Gasteiger partial charge in [0.15, 0.2) is 0 Å². The van der Waals surface area contributed by atoms with Crippen LogP contribution in [0.5, 0.6) is 11.5 Å². The number of ether oxygens (including phenoxy) is 2. The molecule has 1 unspecified atom stereocenters. The third kappa shape index (κ3) is 6.41. The van der Waals surface area contributed by atoms with E-state index in [0.29, 0.717) is 11.3 Å². The van der Waals surface area contributed by atoms with Gasteiger partial charge in [-0.25, -0.2) is 12.8 Å². The van der Waals surface area contributed by atoms with E-state index in [-0.39, 0.29) is 22.9 Å². The zero-order valence-electron chi connectivity index (χ0n) is 21.5. The number of halogens is 1. The Morgan fingerprint density at radius 2 is 1.63 bits per heavy atom. The minimum Gasteiger partial charge on any atom is -0.497 e. The van der Waals surface area contributed by atoms with Crippen LogP contribution >= 0.6 is 0 Å². The second-order valence-electron chi connectivity index (χ2n) is 8.30. The van der Waals surface area contributed by atoms with Crippen LogP contribution in [0.15, 0.2) is 77.7 Å². The van der Waals surface area contributed by atoms with Crippen LogP contribution in [-0.4, -0.2) is 59.0 Å². The fraction of sp³-hybridized carbons (Fsp3) is 0.259. The number of methoxy groups -OCH3 is 2. The highest BCUT2D eigenvalue weighted by Crippen LogP contribution is 2.35. The SMILES string of the molecule is CNC(=O)C(C)N(Cc1ccc(F)cc1)C(=O)CN(c1cc(OC)ccc1OC)S(=O)(=O)c1ccccc1. The number of benzene rings is 3. The summed E-state index contributed by atoms with van der Waals surface area (Å²) < 4.78 is 52.8. The molecule has 0 saturated heterocycles. The molecule has 0 aliphatic heterocycles. The molecular weight excluding hydrogens is 513 g/mol. The average molecular weight is 544 g/mol. The summed E-state index contributed by atoms with van der Waals surface area (Å²) in [6.07, 6.45) is 0. The van der Waals surface area contributed by atoms with Crippen LogP contribution in [0.2, 0.25) is 0 Å². The Morgan fingerprint density at radius 3 is 2.21 bits per heavy atom. The Balaban J connectivity index is 2.10. The summed E-state index contributed by atoms with van der Waals surface area (Å²) in [7, 11) is -0.0163. The molecule has 38 heavy (non-hydrogen) atoms. The van der Waals surface area contributed by atoms with Gasteiger partial charge in [-0.2, -0.15) is 0 Å². The number of anilines is 1. The van der Waals surface area contributed by atoms with Gasteiger partial charge in [0.1, 0.15) is 29.9 Å². The normalized spacial score (nSPS) is 11.8. The number of sulfonamides is 1. The van der Waals surface area contributed by atoms with Gasteiger partial charge in [-0.05, 0) is 48.9 Å². The Kier molecular flexibility index (Phi) is 9.30. The number of hydrogen-bond acceptors (Lipinski definition) is 6. The predicted molar refractivity (Wildman–Crippen MR) is 141 cm³/mol. The fourth-order valence-corrected chi connectivity index (χ4v) is 5.24. The van der Waals surface area contributed by atoms with Crippen molar-refractivity contribution in [1.82, 2.24) is 10.2 Å². The van der Waals surface area contributed by atoms with Crippen LogP contribution in [-0.2, 0) is 26.2 Å². The molecule has 11 heteroatoms. The maximum Gasteiger partial charge on any atom is 0.264 e. The number of amides is 2. The van der Waals surface area contributed by atoms with Gasteiger partial charge in [0.2, 0.25) is 11.8 Å². The van der Waals surface area contributed by atoms with Gasteiger partial charge in [0.05, 0.1) is 24.8 Å². The molecule has 0 fully saturated rings. The first kappa shape index (κ1) is 28.5. The Labute approximate surface area is 221 Å². The first-order valence-corrected chi connectivity index (χ1v) is 13.1. The lowest BCUT2D eigenvalue weighted by atomic mass is 10.1. The minimum atomic E-state index is -4.27. The van der Waals surface area contributed by atoms with Crippen molar-refractivity contribution in [2.24, 2.45) is 0 Å². The number of nitrogens with zero attached hydrogens (tertiary/aromatic N) is 2. The van der Waals surface area contributed by atoms with E-state index < -0.39 is 40.2 Å². The lowest BCUT2D eigenvalue weighted by Gasteiger charge is -2.32. The van der Waals surface area contributed by atoms with Crippen molar-refractivity contribution in [3.63, 3.8) is 0 Å². The molecule has 1 atom stereocenters. The summed E-state index contributed by atoms with van der Waals surface area (Å²) >= 11 is 0. The third-order valence-electron chi connectivity index (χ3n) is 5.94. The number of rotatable bonds is 11. The van der Waals surface area contributed by atoms with E-state index in [4.69, 9.17) is 9.47 Å². The molecule has 0 spiro atoms. The third-order valence-corrected chi connectivity index (χ3v) is 7.72. The second-order valence-corrected chi connectivity index (χ2v) is 10.2. The van der Waals surface area contributed by atoms with Crippen LogP contribution in [0.25, 0.3) is 0 Å². The summed E-state index contributed by atoms with van der Waals surface area (Å²) in [4.78, 5) is 27.5. The predicted octanol–water partition coefficient (Wildman–Crippen LogP) is 3.20. The molecule has 2 amide bonds. The van der Waals surface area contributed by atoms with Crippen molar-refractivity contribution in [2.45, 2.75) is 24.4 Å². The van der Waals surface area contributed by atoms with E-state index in [2.05, 4.69) is 5.32 Å². The summed E-state index contributed by atoms with van der Waals surface area (Å²) in [5.74, 6) is -1.01. The highest BCUT2D eigenvalue weighted by molar-refractivity contribution is 7.92. The largest absolute Gasteiger partial charge is 0.497 e. The van der Waals surface area contributed by atoms with Crippen LogP contribution in [0.1, 0.15) is 12.5 Å². The van der Waals surface area contributed by atoms with Gasteiger partial charge in [-0.3, -0.25) is 13.9 Å². The van der Waals surface area contributed by atoms with Gasteiger partial charge >= 0.3 is 0 Å².